The number of rotatable bonds is 4. The van der Waals surface area contributed by atoms with E-state index in [4.69, 9.17) is 5.73 Å². The van der Waals surface area contributed by atoms with Crippen LogP contribution in [0.4, 0.5) is 8.78 Å². The summed E-state index contributed by atoms with van der Waals surface area (Å²) in [6.07, 6.45) is 2.01. The van der Waals surface area contributed by atoms with E-state index in [0.29, 0.717) is 16.7 Å². The molecule has 1 aliphatic rings. The van der Waals surface area contributed by atoms with Crippen LogP contribution >= 0.6 is 11.8 Å². The molecule has 1 aromatic rings. The third kappa shape index (κ3) is 2.47. The largest absolute Gasteiger partial charge is 0.324 e. The van der Waals surface area contributed by atoms with Crippen LogP contribution in [-0.4, -0.2) is 11.3 Å². The maximum absolute atomic E-state index is 12.3. The van der Waals surface area contributed by atoms with Crippen LogP contribution in [0.2, 0.25) is 0 Å². The summed E-state index contributed by atoms with van der Waals surface area (Å²) in [6.45, 7) is 4.18. The van der Waals surface area contributed by atoms with Crippen LogP contribution in [-0.2, 0) is 5.41 Å². The molecule has 0 atom stereocenters. The van der Waals surface area contributed by atoms with Gasteiger partial charge in [0.2, 0.25) is 0 Å². The Morgan fingerprint density at radius 3 is 2.53 bits per heavy atom. The van der Waals surface area contributed by atoms with E-state index in [2.05, 4.69) is 13.8 Å². The average Bonchev–Trinajstić information content (AvgIpc) is 2.97. The summed E-state index contributed by atoms with van der Waals surface area (Å²) >= 11 is 0.586. The monoisotopic (exact) mass is 257 g/mol. The highest BCUT2D eigenvalue weighted by atomic mass is 32.2. The second-order valence-corrected chi connectivity index (χ2v) is 6.25. The molecule has 0 saturated heterocycles. The molecule has 1 aliphatic carbocycles. The number of nitrogens with two attached hydrogens (primary N) is 1. The van der Waals surface area contributed by atoms with Crippen LogP contribution < -0.4 is 5.73 Å². The summed E-state index contributed by atoms with van der Waals surface area (Å²) in [7, 11) is 0. The Hall–Kier alpha value is -0.610. The molecule has 4 heteroatoms. The van der Waals surface area contributed by atoms with Crippen molar-refractivity contribution in [3.63, 3.8) is 0 Å². The molecule has 1 aromatic carbocycles. The maximum atomic E-state index is 12.3. The minimum Gasteiger partial charge on any atom is -0.324 e. The van der Waals surface area contributed by atoms with E-state index in [1.807, 2.05) is 18.2 Å². The van der Waals surface area contributed by atoms with Crippen molar-refractivity contribution in [1.82, 2.24) is 0 Å². The van der Waals surface area contributed by atoms with E-state index in [1.165, 1.54) is 0 Å². The van der Waals surface area contributed by atoms with Crippen LogP contribution in [0.3, 0.4) is 0 Å². The fourth-order valence-corrected chi connectivity index (χ4v) is 2.67. The van der Waals surface area contributed by atoms with Crippen LogP contribution in [0, 0.1) is 0 Å². The number of alkyl halides is 2. The van der Waals surface area contributed by atoms with Gasteiger partial charge >= 0.3 is 0 Å². The predicted molar refractivity (Wildman–Crippen MR) is 67.5 cm³/mol. The minimum atomic E-state index is -2.37. The van der Waals surface area contributed by atoms with E-state index in [9.17, 15) is 8.78 Å². The minimum absolute atomic E-state index is 0.161. The number of halogens is 2. The molecule has 0 bridgehead atoms. The Balaban J connectivity index is 2.27. The lowest BCUT2D eigenvalue weighted by molar-refractivity contribution is 0.252. The smallest absolute Gasteiger partial charge is 0.288 e. The highest BCUT2D eigenvalue weighted by Crippen LogP contribution is 2.49. The van der Waals surface area contributed by atoms with Crippen LogP contribution in [0.5, 0.6) is 0 Å². The van der Waals surface area contributed by atoms with Gasteiger partial charge in [0.1, 0.15) is 0 Å². The Bertz CT molecular complexity index is 414. The molecular formula is C13H17F2NS. The second kappa shape index (κ2) is 4.25. The molecule has 1 fully saturated rings. The van der Waals surface area contributed by atoms with Gasteiger partial charge in [-0.15, -0.1) is 0 Å². The Labute approximate surface area is 105 Å². The van der Waals surface area contributed by atoms with E-state index in [0.717, 1.165) is 18.4 Å². The van der Waals surface area contributed by atoms with Crippen LogP contribution in [0.15, 0.2) is 29.2 Å². The molecule has 0 aromatic heterocycles. The Kier molecular flexibility index (Phi) is 3.21. The van der Waals surface area contributed by atoms with Gasteiger partial charge in [-0.25, -0.2) is 0 Å². The molecule has 0 heterocycles. The average molecular weight is 257 g/mol. The van der Waals surface area contributed by atoms with Gasteiger partial charge in [-0.05, 0) is 30.5 Å². The van der Waals surface area contributed by atoms with Crippen molar-refractivity contribution in [2.24, 2.45) is 5.73 Å². The third-order valence-corrected chi connectivity index (χ3v) is 4.52. The molecular weight excluding hydrogens is 240 g/mol. The number of thioether (sulfide) groups is 1. The van der Waals surface area contributed by atoms with Crippen molar-refractivity contribution in [1.29, 1.82) is 0 Å². The maximum Gasteiger partial charge on any atom is 0.288 e. The molecule has 0 aliphatic heterocycles. The van der Waals surface area contributed by atoms with Gasteiger partial charge in [0.25, 0.3) is 5.76 Å². The quantitative estimate of drug-likeness (QED) is 0.831. The highest BCUT2D eigenvalue weighted by molar-refractivity contribution is 7.99. The van der Waals surface area contributed by atoms with Crippen molar-refractivity contribution >= 4 is 11.8 Å². The molecule has 2 N–H and O–H groups in total. The van der Waals surface area contributed by atoms with Crippen molar-refractivity contribution in [2.75, 3.05) is 0 Å². The lowest BCUT2D eigenvalue weighted by Gasteiger charge is -2.32. The Morgan fingerprint density at radius 1 is 1.35 bits per heavy atom. The zero-order valence-corrected chi connectivity index (χ0v) is 10.9. The van der Waals surface area contributed by atoms with Crippen molar-refractivity contribution in [3.05, 3.63) is 29.8 Å². The zero-order chi connectivity index (χ0) is 12.7. The molecule has 1 nitrogen and oxygen atoms in total. The van der Waals surface area contributed by atoms with Crippen LogP contribution in [0.25, 0.3) is 0 Å². The molecule has 0 radical (unpaired) electrons. The van der Waals surface area contributed by atoms with Crippen molar-refractivity contribution < 1.29 is 8.78 Å². The molecule has 0 spiro atoms. The number of benzene rings is 1. The summed E-state index contributed by atoms with van der Waals surface area (Å²) in [5, 5.41) is 0. The van der Waals surface area contributed by atoms with E-state index < -0.39 is 5.76 Å². The standard InChI is InChI=1S/C13H17F2NS/c1-12(2,13(16)6-7-13)9-4-3-5-10(8-9)17-11(14)15/h3-5,8,11H,6-7,16H2,1-2H3. The topological polar surface area (TPSA) is 26.0 Å². The van der Waals surface area contributed by atoms with Gasteiger partial charge in [0.05, 0.1) is 0 Å². The lowest BCUT2D eigenvalue weighted by Crippen LogP contribution is -2.43. The van der Waals surface area contributed by atoms with Crippen molar-refractivity contribution in [3.8, 4) is 0 Å². The van der Waals surface area contributed by atoms with E-state index in [1.54, 1.807) is 6.07 Å². The fraction of sp³-hybridized carbons (Fsp3) is 0.538. The zero-order valence-electron chi connectivity index (χ0n) is 10.0. The first kappa shape index (κ1) is 12.8. The summed E-state index contributed by atoms with van der Waals surface area (Å²) in [5.41, 5.74) is 6.97. The Morgan fingerprint density at radius 2 is 2.00 bits per heavy atom. The molecule has 17 heavy (non-hydrogen) atoms. The molecule has 1 saturated carbocycles. The molecule has 0 amide bonds. The summed E-state index contributed by atoms with van der Waals surface area (Å²) < 4.78 is 24.7. The van der Waals surface area contributed by atoms with Gasteiger partial charge in [-0.2, -0.15) is 8.78 Å². The lowest BCUT2D eigenvalue weighted by atomic mass is 9.76. The summed E-state index contributed by atoms with van der Waals surface area (Å²) in [5.74, 6) is -2.37. The van der Waals surface area contributed by atoms with Gasteiger partial charge in [-0.1, -0.05) is 37.7 Å². The first-order chi connectivity index (χ1) is 7.85. The third-order valence-electron chi connectivity index (χ3n) is 3.81. The number of hydrogen-bond acceptors (Lipinski definition) is 2. The highest BCUT2D eigenvalue weighted by Gasteiger charge is 2.51. The first-order valence-corrected chi connectivity index (χ1v) is 6.57. The molecule has 94 valence electrons. The van der Waals surface area contributed by atoms with E-state index >= 15 is 0 Å². The SMILES string of the molecule is CC(C)(c1cccc(SC(F)F)c1)C1(N)CC1. The van der Waals surface area contributed by atoms with Gasteiger partial charge in [0, 0.05) is 15.8 Å². The first-order valence-electron chi connectivity index (χ1n) is 5.69. The molecule has 2 rings (SSSR count). The van der Waals surface area contributed by atoms with Gasteiger partial charge in [-0.3, -0.25) is 0 Å². The summed E-state index contributed by atoms with van der Waals surface area (Å²) in [4.78, 5) is 0.606. The van der Waals surface area contributed by atoms with Crippen molar-refractivity contribution in [2.45, 2.75) is 48.3 Å². The second-order valence-electron chi connectivity index (χ2n) is 5.19. The molecule has 0 unspecified atom stereocenters. The normalized spacial score (nSPS) is 18.5. The predicted octanol–water partition coefficient (Wildman–Crippen LogP) is 3.77. The van der Waals surface area contributed by atoms with Crippen LogP contribution in [0.1, 0.15) is 32.3 Å². The fourth-order valence-electron chi connectivity index (χ4n) is 2.11. The van der Waals surface area contributed by atoms with E-state index in [-0.39, 0.29) is 11.0 Å². The van der Waals surface area contributed by atoms with Gasteiger partial charge in [0.15, 0.2) is 0 Å². The number of hydrogen-bond donors (Lipinski definition) is 1. The summed E-state index contributed by atoms with van der Waals surface area (Å²) in [6, 6.07) is 7.35. The van der Waals surface area contributed by atoms with Gasteiger partial charge < -0.3 is 5.73 Å².